The van der Waals surface area contributed by atoms with Crippen LogP contribution in [0.15, 0.2) is 158 Å². The third-order valence-corrected chi connectivity index (χ3v) is 9.85. The van der Waals surface area contributed by atoms with E-state index in [1.165, 1.54) is 0 Å². The van der Waals surface area contributed by atoms with Crippen molar-refractivity contribution in [3.63, 3.8) is 0 Å². The third-order valence-electron chi connectivity index (χ3n) is 9.85. The predicted molar refractivity (Wildman–Crippen MR) is 283 cm³/mol. The lowest BCUT2D eigenvalue weighted by atomic mass is 10.1. The Morgan fingerprint density at radius 3 is 1.00 bits per heavy atom. The highest BCUT2D eigenvalue weighted by Gasteiger charge is 2.19. The van der Waals surface area contributed by atoms with Gasteiger partial charge in [-0.3, -0.25) is 14.4 Å². The minimum atomic E-state index is -0.833. The molecule has 0 aromatic heterocycles. The molecule has 66 heavy (non-hydrogen) atoms. The van der Waals surface area contributed by atoms with Gasteiger partial charge in [0.15, 0.2) is 6.10 Å². The molecule has 0 radical (unpaired) electrons. The highest BCUT2D eigenvalue weighted by atomic mass is 16.6. The highest BCUT2D eigenvalue weighted by Crippen LogP contribution is 2.11. The van der Waals surface area contributed by atoms with E-state index in [1.54, 1.807) is 0 Å². The summed E-state index contributed by atoms with van der Waals surface area (Å²) < 4.78 is 16.7. The number of hydrogen-bond donors (Lipinski definition) is 0. The fourth-order valence-electron chi connectivity index (χ4n) is 6.11. The van der Waals surface area contributed by atoms with Crippen molar-refractivity contribution < 1.29 is 28.6 Å². The van der Waals surface area contributed by atoms with Gasteiger partial charge in [-0.1, -0.05) is 198 Å². The summed E-state index contributed by atoms with van der Waals surface area (Å²) in [5.41, 5.74) is 0. The average Bonchev–Trinajstić information content (AvgIpc) is 3.31. The Balaban J connectivity index is 4.59. The molecular weight excluding hydrogens is 817 g/mol. The topological polar surface area (TPSA) is 78.9 Å². The molecule has 0 aliphatic heterocycles. The van der Waals surface area contributed by atoms with E-state index < -0.39 is 6.10 Å². The zero-order valence-corrected chi connectivity index (χ0v) is 41.6. The van der Waals surface area contributed by atoms with Gasteiger partial charge in [0.25, 0.3) is 0 Å². The minimum Gasteiger partial charge on any atom is -0.462 e. The Morgan fingerprint density at radius 2 is 0.621 bits per heavy atom. The van der Waals surface area contributed by atoms with Crippen LogP contribution in [0.5, 0.6) is 0 Å². The van der Waals surface area contributed by atoms with Crippen LogP contribution >= 0.6 is 0 Å². The Hall–Kier alpha value is -4.97. The lowest BCUT2D eigenvalue weighted by Gasteiger charge is -2.18. The van der Waals surface area contributed by atoms with Gasteiger partial charge in [-0.15, -0.1) is 0 Å². The lowest BCUT2D eigenvalue weighted by molar-refractivity contribution is -0.167. The van der Waals surface area contributed by atoms with Crippen molar-refractivity contribution in [3.05, 3.63) is 158 Å². The molecule has 6 nitrogen and oxygen atoms in total. The van der Waals surface area contributed by atoms with Crippen LogP contribution in [0.2, 0.25) is 0 Å². The maximum absolute atomic E-state index is 12.8. The van der Waals surface area contributed by atoms with Gasteiger partial charge in [0.05, 0.1) is 0 Å². The molecule has 1 unspecified atom stereocenters. The lowest BCUT2D eigenvalue weighted by Crippen LogP contribution is -2.30. The number of esters is 3. The smallest absolute Gasteiger partial charge is 0.306 e. The molecule has 0 saturated carbocycles. The number of hydrogen-bond acceptors (Lipinski definition) is 6. The van der Waals surface area contributed by atoms with E-state index in [0.29, 0.717) is 19.3 Å². The molecule has 0 rings (SSSR count). The van der Waals surface area contributed by atoms with Gasteiger partial charge in [-0.25, -0.2) is 0 Å². The zero-order chi connectivity index (χ0) is 47.9. The summed E-state index contributed by atoms with van der Waals surface area (Å²) in [6.45, 7) is 6.14. The van der Waals surface area contributed by atoms with Gasteiger partial charge in [0.1, 0.15) is 13.2 Å². The fourth-order valence-corrected chi connectivity index (χ4v) is 6.11. The second kappa shape index (κ2) is 52.7. The highest BCUT2D eigenvalue weighted by molar-refractivity contribution is 5.71. The summed E-state index contributed by atoms with van der Waals surface area (Å²) in [5, 5.41) is 0. The monoisotopic (exact) mass is 907 g/mol. The first kappa shape index (κ1) is 61.0. The molecule has 6 heteroatoms. The summed E-state index contributed by atoms with van der Waals surface area (Å²) in [6.07, 6.45) is 76.6. The molecule has 0 aliphatic carbocycles. The third kappa shape index (κ3) is 50.0. The first-order chi connectivity index (χ1) is 32.5. The van der Waals surface area contributed by atoms with Crippen molar-refractivity contribution in [3.8, 4) is 0 Å². The van der Waals surface area contributed by atoms with Crippen LogP contribution in [0.4, 0.5) is 0 Å². The van der Waals surface area contributed by atoms with E-state index in [0.717, 1.165) is 135 Å². The van der Waals surface area contributed by atoms with E-state index >= 15 is 0 Å². The van der Waals surface area contributed by atoms with E-state index in [9.17, 15) is 14.4 Å². The van der Waals surface area contributed by atoms with Crippen LogP contribution in [0, 0.1) is 0 Å². The van der Waals surface area contributed by atoms with Crippen LogP contribution in [0.25, 0.3) is 0 Å². The quantitative estimate of drug-likeness (QED) is 0.0199. The van der Waals surface area contributed by atoms with Gasteiger partial charge < -0.3 is 14.2 Å². The van der Waals surface area contributed by atoms with E-state index in [2.05, 4.69) is 142 Å². The number of carbonyl (C=O) groups excluding carboxylic acids is 3. The Morgan fingerprint density at radius 1 is 0.318 bits per heavy atom. The normalized spacial score (nSPS) is 13.4. The van der Waals surface area contributed by atoms with Gasteiger partial charge in [0, 0.05) is 19.3 Å². The van der Waals surface area contributed by atoms with Gasteiger partial charge in [-0.2, -0.15) is 0 Å². The van der Waals surface area contributed by atoms with E-state index in [-0.39, 0.29) is 37.5 Å². The molecule has 0 saturated heterocycles. The van der Waals surface area contributed by atoms with Gasteiger partial charge >= 0.3 is 17.9 Å². The van der Waals surface area contributed by atoms with Gasteiger partial charge in [0.2, 0.25) is 0 Å². The first-order valence-electron chi connectivity index (χ1n) is 25.5. The summed E-state index contributed by atoms with van der Waals surface area (Å²) >= 11 is 0. The standard InChI is InChI=1S/C60H90O6/c1-4-7-10-13-16-19-22-25-27-29-30-31-33-35-38-41-44-47-50-53-59(62)65-56-57(55-64-58(61)52-49-46-43-40-37-34-24-21-18-15-12-9-6-3)66-60(63)54-51-48-45-42-39-36-32-28-26-23-20-17-14-11-8-5-2/h7-12,15-21,24-28,30-31,34-39,57H,4-6,13-14,22-23,29,32-33,40-56H2,1-3H3/b10-7+,11-8+,12-9+,18-15+,19-16+,20-17+,24-21+,27-25+,28-26+,31-30+,37-34+,38-35+,39-36+. The molecule has 0 spiro atoms. The molecule has 1 atom stereocenters. The summed E-state index contributed by atoms with van der Waals surface area (Å²) in [6, 6.07) is 0. The van der Waals surface area contributed by atoms with Crippen LogP contribution in [0.1, 0.15) is 181 Å². The number of unbranched alkanes of at least 4 members (excludes halogenated alkanes) is 9. The molecule has 0 aliphatic rings. The molecular formula is C60H90O6. The van der Waals surface area contributed by atoms with Crippen molar-refractivity contribution in [2.24, 2.45) is 0 Å². The van der Waals surface area contributed by atoms with Crippen LogP contribution < -0.4 is 0 Å². The van der Waals surface area contributed by atoms with Crippen LogP contribution in [0.3, 0.4) is 0 Å². The molecule has 0 N–H and O–H groups in total. The molecule has 366 valence electrons. The van der Waals surface area contributed by atoms with Crippen LogP contribution in [-0.2, 0) is 28.6 Å². The SMILES string of the molecule is CC/C=C/C=C/C=C/C=C/CCCCCC(=O)OCC(COC(=O)CCCCC/C=C/C/C=C/C/C=C/C/C=C/C/C=C/CC)OC(=O)CCCCC/C=C/C/C=C/C/C=C/C/C=C/CC. The maximum atomic E-state index is 12.8. The Bertz CT molecular complexity index is 1560. The van der Waals surface area contributed by atoms with E-state index in [1.807, 2.05) is 36.5 Å². The van der Waals surface area contributed by atoms with Crippen molar-refractivity contribution in [2.75, 3.05) is 13.2 Å². The molecule has 0 bridgehead atoms. The molecule has 0 amide bonds. The van der Waals surface area contributed by atoms with Crippen LogP contribution in [-0.4, -0.2) is 37.2 Å². The van der Waals surface area contributed by atoms with Crippen molar-refractivity contribution in [1.29, 1.82) is 0 Å². The molecule has 0 aromatic rings. The van der Waals surface area contributed by atoms with Crippen molar-refractivity contribution in [2.45, 2.75) is 187 Å². The largest absolute Gasteiger partial charge is 0.462 e. The summed E-state index contributed by atoms with van der Waals surface area (Å²) in [4.78, 5) is 38.0. The Labute approximate surface area is 403 Å². The second-order valence-electron chi connectivity index (χ2n) is 16.0. The number of ether oxygens (including phenoxy) is 3. The number of allylic oxidation sites excluding steroid dienone is 26. The number of carbonyl (C=O) groups is 3. The summed E-state index contributed by atoms with van der Waals surface area (Å²) in [5.74, 6) is -1.04. The first-order valence-corrected chi connectivity index (χ1v) is 25.5. The minimum absolute atomic E-state index is 0.129. The predicted octanol–water partition coefficient (Wildman–Crippen LogP) is 17.0. The van der Waals surface area contributed by atoms with Gasteiger partial charge in [-0.05, 0) is 122 Å². The number of rotatable bonds is 43. The Kier molecular flexibility index (Phi) is 48.7. The fraction of sp³-hybridized carbons (Fsp3) is 0.517. The van der Waals surface area contributed by atoms with Crippen molar-refractivity contribution >= 4 is 17.9 Å². The molecule has 0 aromatic carbocycles. The maximum Gasteiger partial charge on any atom is 0.306 e. The second-order valence-corrected chi connectivity index (χ2v) is 16.0. The average molecular weight is 907 g/mol. The molecule has 0 heterocycles. The van der Waals surface area contributed by atoms with E-state index in [4.69, 9.17) is 14.2 Å². The summed E-state index contributed by atoms with van der Waals surface area (Å²) in [7, 11) is 0. The van der Waals surface area contributed by atoms with Crippen molar-refractivity contribution in [1.82, 2.24) is 0 Å². The molecule has 0 fully saturated rings. The zero-order valence-electron chi connectivity index (χ0n) is 41.6.